The second-order valence-corrected chi connectivity index (χ2v) is 5.36. The molecule has 106 valence electrons. The SMILES string of the molecule is N#CC1CCN(C(=O)[C@@H](N)C2(C(F)(F)F)CC2)CC1. The van der Waals surface area contributed by atoms with Crippen molar-refractivity contribution in [1.29, 1.82) is 5.26 Å². The smallest absolute Gasteiger partial charge is 0.341 e. The molecule has 2 N–H and O–H groups in total. The van der Waals surface area contributed by atoms with Gasteiger partial charge in [-0.25, -0.2) is 0 Å². The molecule has 1 heterocycles. The van der Waals surface area contributed by atoms with Crippen molar-refractivity contribution < 1.29 is 18.0 Å². The molecule has 0 bridgehead atoms. The van der Waals surface area contributed by atoms with E-state index in [4.69, 9.17) is 11.0 Å². The summed E-state index contributed by atoms with van der Waals surface area (Å²) in [5.74, 6) is -0.746. The highest BCUT2D eigenvalue weighted by Gasteiger charge is 2.68. The van der Waals surface area contributed by atoms with Gasteiger partial charge in [0.15, 0.2) is 0 Å². The summed E-state index contributed by atoms with van der Waals surface area (Å²) in [5, 5.41) is 8.74. The van der Waals surface area contributed by atoms with Crippen LogP contribution in [0, 0.1) is 22.7 Å². The van der Waals surface area contributed by atoms with Gasteiger partial charge in [-0.2, -0.15) is 18.4 Å². The molecule has 1 atom stereocenters. The lowest BCUT2D eigenvalue weighted by atomic mass is 9.93. The van der Waals surface area contributed by atoms with Gasteiger partial charge >= 0.3 is 6.18 Å². The molecule has 1 saturated heterocycles. The van der Waals surface area contributed by atoms with E-state index in [1.54, 1.807) is 0 Å². The van der Waals surface area contributed by atoms with Crippen LogP contribution in [0.15, 0.2) is 0 Å². The average molecular weight is 275 g/mol. The molecule has 2 aliphatic rings. The van der Waals surface area contributed by atoms with E-state index < -0.39 is 23.5 Å². The van der Waals surface area contributed by atoms with Crippen molar-refractivity contribution in [3.8, 4) is 6.07 Å². The fourth-order valence-corrected chi connectivity index (χ4v) is 2.57. The van der Waals surface area contributed by atoms with E-state index in [2.05, 4.69) is 6.07 Å². The van der Waals surface area contributed by atoms with Gasteiger partial charge in [0.25, 0.3) is 0 Å². The number of nitriles is 1. The molecule has 0 spiro atoms. The lowest BCUT2D eigenvalue weighted by molar-refractivity contribution is -0.197. The number of nitrogens with zero attached hydrogens (tertiary/aromatic N) is 2. The van der Waals surface area contributed by atoms with Crippen LogP contribution >= 0.6 is 0 Å². The summed E-state index contributed by atoms with van der Waals surface area (Å²) in [6.45, 7) is 0.636. The molecule has 1 aliphatic carbocycles. The highest BCUT2D eigenvalue weighted by molar-refractivity contribution is 5.83. The van der Waals surface area contributed by atoms with Crippen LogP contribution in [-0.4, -0.2) is 36.1 Å². The molecule has 1 amide bonds. The van der Waals surface area contributed by atoms with Crippen molar-refractivity contribution in [2.75, 3.05) is 13.1 Å². The lowest BCUT2D eigenvalue weighted by Crippen LogP contribution is -2.54. The highest BCUT2D eigenvalue weighted by Crippen LogP contribution is 2.59. The maximum absolute atomic E-state index is 12.9. The summed E-state index contributed by atoms with van der Waals surface area (Å²) in [6, 6.07) is 0.602. The first kappa shape index (κ1) is 14.1. The molecule has 1 saturated carbocycles. The molecule has 7 heteroatoms. The Kier molecular flexibility index (Phi) is 3.47. The van der Waals surface area contributed by atoms with Gasteiger partial charge in [-0.15, -0.1) is 0 Å². The Labute approximate surface area is 109 Å². The normalized spacial score (nSPS) is 24.7. The van der Waals surface area contributed by atoms with Crippen molar-refractivity contribution in [3.05, 3.63) is 0 Å². The van der Waals surface area contributed by atoms with E-state index in [0.717, 1.165) is 0 Å². The second-order valence-electron chi connectivity index (χ2n) is 5.36. The highest BCUT2D eigenvalue weighted by atomic mass is 19.4. The predicted octanol–water partition coefficient (Wildman–Crippen LogP) is 1.42. The summed E-state index contributed by atoms with van der Waals surface area (Å²) in [7, 11) is 0. The van der Waals surface area contributed by atoms with Gasteiger partial charge in [-0.3, -0.25) is 4.79 Å². The fourth-order valence-electron chi connectivity index (χ4n) is 2.57. The van der Waals surface area contributed by atoms with Crippen LogP contribution in [-0.2, 0) is 4.79 Å². The Balaban J connectivity index is 2.00. The molecule has 0 aromatic rings. The maximum atomic E-state index is 12.9. The van der Waals surface area contributed by atoms with Crippen molar-refractivity contribution in [2.24, 2.45) is 17.1 Å². The molecule has 0 unspecified atom stereocenters. The number of carbonyl (C=O) groups is 1. The van der Waals surface area contributed by atoms with Crippen molar-refractivity contribution >= 4 is 5.91 Å². The number of halogens is 3. The molecule has 19 heavy (non-hydrogen) atoms. The Morgan fingerprint density at radius 1 is 1.37 bits per heavy atom. The Morgan fingerprint density at radius 3 is 2.26 bits per heavy atom. The zero-order valence-corrected chi connectivity index (χ0v) is 10.4. The molecule has 0 radical (unpaired) electrons. The maximum Gasteiger partial charge on any atom is 0.396 e. The van der Waals surface area contributed by atoms with Crippen LogP contribution in [0.25, 0.3) is 0 Å². The lowest BCUT2D eigenvalue weighted by Gasteiger charge is -2.34. The standard InChI is InChI=1S/C12H16F3N3O/c13-12(14,15)11(3-4-11)9(17)10(19)18-5-1-8(7-16)2-6-18/h8-9H,1-6,17H2/t9-/m1/s1. The average Bonchev–Trinajstić information content (AvgIpc) is 3.18. The number of rotatable bonds is 2. The van der Waals surface area contributed by atoms with E-state index in [-0.39, 0.29) is 18.8 Å². The van der Waals surface area contributed by atoms with E-state index in [9.17, 15) is 18.0 Å². The summed E-state index contributed by atoms with van der Waals surface area (Å²) in [6.07, 6.45) is -3.55. The van der Waals surface area contributed by atoms with Gasteiger partial charge in [-0.05, 0) is 25.7 Å². The number of carbonyl (C=O) groups excluding carboxylic acids is 1. The van der Waals surface area contributed by atoms with Crippen LogP contribution in [0.2, 0.25) is 0 Å². The van der Waals surface area contributed by atoms with Crippen molar-refractivity contribution in [2.45, 2.75) is 37.9 Å². The zero-order chi connectivity index (χ0) is 14.3. The van der Waals surface area contributed by atoms with Gasteiger partial charge < -0.3 is 10.6 Å². The molecule has 0 aromatic heterocycles. The van der Waals surface area contributed by atoms with E-state index in [0.29, 0.717) is 25.9 Å². The first-order valence-electron chi connectivity index (χ1n) is 6.32. The number of nitrogens with two attached hydrogens (primary N) is 1. The summed E-state index contributed by atoms with van der Waals surface area (Å²) in [4.78, 5) is 13.4. The topological polar surface area (TPSA) is 70.1 Å². The predicted molar refractivity (Wildman–Crippen MR) is 60.6 cm³/mol. The summed E-state index contributed by atoms with van der Waals surface area (Å²) >= 11 is 0. The Bertz CT molecular complexity index is 403. The third-order valence-corrected chi connectivity index (χ3v) is 4.20. The largest absolute Gasteiger partial charge is 0.396 e. The summed E-state index contributed by atoms with van der Waals surface area (Å²) < 4.78 is 38.7. The number of hydrogen-bond acceptors (Lipinski definition) is 3. The van der Waals surface area contributed by atoms with Crippen LogP contribution in [0.5, 0.6) is 0 Å². The fraction of sp³-hybridized carbons (Fsp3) is 0.833. The monoisotopic (exact) mass is 275 g/mol. The molecule has 0 aromatic carbocycles. The molecule has 2 fully saturated rings. The van der Waals surface area contributed by atoms with Crippen LogP contribution in [0.4, 0.5) is 13.2 Å². The number of alkyl halides is 3. The molecular formula is C12H16F3N3O. The molecular weight excluding hydrogens is 259 g/mol. The van der Waals surface area contributed by atoms with Crippen LogP contribution < -0.4 is 5.73 Å². The number of likely N-dealkylation sites (tertiary alicyclic amines) is 1. The Morgan fingerprint density at radius 2 is 1.89 bits per heavy atom. The number of amides is 1. The minimum absolute atomic E-state index is 0.0714. The summed E-state index contributed by atoms with van der Waals surface area (Å²) in [5.41, 5.74) is 3.55. The minimum Gasteiger partial charge on any atom is -0.341 e. The molecule has 4 nitrogen and oxygen atoms in total. The third-order valence-electron chi connectivity index (χ3n) is 4.20. The molecule has 2 rings (SSSR count). The van der Waals surface area contributed by atoms with Gasteiger partial charge in [0.2, 0.25) is 5.91 Å². The second kappa shape index (κ2) is 4.67. The quantitative estimate of drug-likeness (QED) is 0.828. The van der Waals surface area contributed by atoms with Gasteiger partial charge in [0.05, 0.1) is 17.5 Å². The first-order chi connectivity index (χ1) is 8.82. The van der Waals surface area contributed by atoms with E-state index in [1.165, 1.54) is 4.90 Å². The van der Waals surface area contributed by atoms with Gasteiger partial charge in [0, 0.05) is 19.0 Å². The van der Waals surface area contributed by atoms with Crippen molar-refractivity contribution in [1.82, 2.24) is 4.90 Å². The first-order valence-corrected chi connectivity index (χ1v) is 6.32. The number of hydrogen-bond donors (Lipinski definition) is 1. The molecule has 1 aliphatic heterocycles. The van der Waals surface area contributed by atoms with Crippen molar-refractivity contribution in [3.63, 3.8) is 0 Å². The minimum atomic E-state index is -4.42. The third kappa shape index (κ3) is 2.41. The van der Waals surface area contributed by atoms with Gasteiger partial charge in [0.1, 0.15) is 0 Å². The zero-order valence-electron chi connectivity index (χ0n) is 10.4. The van der Waals surface area contributed by atoms with Crippen LogP contribution in [0.3, 0.4) is 0 Å². The van der Waals surface area contributed by atoms with E-state index >= 15 is 0 Å². The number of piperidine rings is 1. The Hall–Kier alpha value is -1.29. The van der Waals surface area contributed by atoms with Gasteiger partial charge in [-0.1, -0.05) is 0 Å². The van der Waals surface area contributed by atoms with E-state index in [1.807, 2.05) is 0 Å². The van der Waals surface area contributed by atoms with Crippen LogP contribution in [0.1, 0.15) is 25.7 Å².